The second-order valence-electron chi connectivity index (χ2n) is 6.77. The number of nitrogens with one attached hydrogen (secondary N) is 1. The van der Waals surface area contributed by atoms with Gasteiger partial charge in [-0.25, -0.2) is 8.42 Å². The van der Waals surface area contributed by atoms with Gasteiger partial charge in [-0.05, 0) is 30.9 Å². The number of benzene rings is 1. The highest BCUT2D eigenvalue weighted by atomic mass is 32.2. The summed E-state index contributed by atoms with van der Waals surface area (Å²) in [5.74, 6) is -0.139. The summed E-state index contributed by atoms with van der Waals surface area (Å²) in [5, 5.41) is 12.4. The molecule has 136 valence electrons. The highest BCUT2D eigenvalue weighted by Crippen LogP contribution is 2.27. The van der Waals surface area contributed by atoms with Crippen LogP contribution in [0.5, 0.6) is 5.75 Å². The largest absolute Gasteiger partial charge is 0.508 e. The molecule has 2 N–H and O–H groups in total. The molecule has 2 fully saturated rings. The molecule has 0 saturated carbocycles. The van der Waals surface area contributed by atoms with Crippen LogP contribution in [-0.4, -0.2) is 49.9 Å². The summed E-state index contributed by atoms with van der Waals surface area (Å²) in [7, 11) is -2.90. The molecule has 0 spiro atoms. The quantitative estimate of drug-likeness (QED) is 0.816. The van der Waals surface area contributed by atoms with Crippen molar-refractivity contribution in [3.8, 4) is 5.75 Å². The topological polar surface area (TPSA) is 104 Å². The molecule has 3 rings (SSSR count). The van der Waals surface area contributed by atoms with Crippen molar-refractivity contribution in [1.82, 2.24) is 5.32 Å². The number of hydrogen-bond acceptors (Lipinski definition) is 5. The predicted molar refractivity (Wildman–Crippen MR) is 93.0 cm³/mol. The third kappa shape index (κ3) is 4.31. The molecule has 8 heteroatoms. The summed E-state index contributed by atoms with van der Waals surface area (Å²) < 4.78 is 22.9. The van der Waals surface area contributed by atoms with E-state index < -0.39 is 15.8 Å². The summed E-state index contributed by atoms with van der Waals surface area (Å²) in [5.41, 5.74) is 0.581. The average molecular weight is 366 g/mol. The number of hydrogen-bond donors (Lipinski definition) is 2. The number of phenols is 1. The second kappa shape index (κ2) is 7.03. The van der Waals surface area contributed by atoms with Gasteiger partial charge in [0.25, 0.3) is 0 Å². The Kier molecular flexibility index (Phi) is 4.99. The standard InChI is InChI=1S/C17H22N2O5S/c20-15-3-1-2-14(9-15)19-11-13(8-16(19)21)17(22)18-10-12-4-6-25(23,24)7-5-12/h1-3,9,12-13,20H,4-8,10-11H2,(H,18,22)/t13-/m1/s1. The van der Waals surface area contributed by atoms with Crippen LogP contribution in [0.25, 0.3) is 0 Å². The molecule has 2 aliphatic heterocycles. The number of nitrogens with zero attached hydrogens (tertiary/aromatic N) is 1. The van der Waals surface area contributed by atoms with E-state index in [1.807, 2.05) is 0 Å². The minimum absolute atomic E-state index is 0.0745. The van der Waals surface area contributed by atoms with Gasteiger partial charge in [-0.1, -0.05) is 6.07 Å². The van der Waals surface area contributed by atoms with Gasteiger partial charge >= 0.3 is 0 Å². The van der Waals surface area contributed by atoms with E-state index in [0.29, 0.717) is 25.1 Å². The van der Waals surface area contributed by atoms with Gasteiger partial charge < -0.3 is 15.3 Å². The van der Waals surface area contributed by atoms with E-state index in [2.05, 4.69) is 5.32 Å². The number of rotatable bonds is 4. The van der Waals surface area contributed by atoms with Crippen molar-refractivity contribution in [2.45, 2.75) is 19.3 Å². The van der Waals surface area contributed by atoms with Crippen molar-refractivity contribution in [3.05, 3.63) is 24.3 Å². The van der Waals surface area contributed by atoms with Crippen molar-refractivity contribution in [1.29, 1.82) is 0 Å². The Morgan fingerprint density at radius 3 is 2.68 bits per heavy atom. The molecule has 2 heterocycles. The van der Waals surface area contributed by atoms with Gasteiger partial charge in [-0.2, -0.15) is 0 Å². The number of anilines is 1. The van der Waals surface area contributed by atoms with E-state index >= 15 is 0 Å². The molecule has 0 unspecified atom stereocenters. The third-order valence-electron chi connectivity index (χ3n) is 4.88. The zero-order valence-electron chi connectivity index (χ0n) is 13.8. The lowest BCUT2D eigenvalue weighted by atomic mass is 10.0. The van der Waals surface area contributed by atoms with Crippen LogP contribution in [0, 0.1) is 11.8 Å². The molecule has 2 amide bonds. The first-order valence-electron chi connectivity index (χ1n) is 8.41. The van der Waals surface area contributed by atoms with Gasteiger partial charge in [0, 0.05) is 31.3 Å². The molecule has 2 saturated heterocycles. The fourth-order valence-electron chi connectivity index (χ4n) is 3.33. The summed E-state index contributed by atoms with van der Waals surface area (Å²) in [6.07, 6.45) is 1.28. The number of aromatic hydroxyl groups is 1. The Balaban J connectivity index is 1.53. The van der Waals surface area contributed by atoms with E-state index in [-0.39, 0.29) is 48.0 Å². The molecule has 0 aromatic heterocycles. The molecule has 25 heavy (non-hydrogen) atoms. The summed E-state index contributed by atoms with van der Waals surface area (Å²) in [4.78, 5) is 26.0. The van der Waals surface area contributed by atoms with Crippen molar-refractivity contribution in [3.63, 3.8) is 0 Å². The third-order valence-corrected chi connectivity index (χ3v) is 6.59. The van der Waals surface area contributed by atoms with Crippen LogP contribution in [-0.2, 0) is 19.4 Å². The van der Waals surface area contributed by atoms with E-state index in [1.54, 1.807) is 12.1 Å². The highest BCUT2D eigenvalue weighted by molar-refractivity contribution is 7.91. The Morgan fingerprint density at radius 1 is 1.28 bits per heavy atom. The van der Waals surface area contributed by atoms with E-state index in [0.717, 1.165) is 0 Å². The predicted octanol–water partition coefficient (Wildman–Crippen LogP) is 0.686. The molecule has 1 aromatic carbocycles. The maximum Gasteiger partial charge on any atom is 0.227 e. The Bertz CT molecular complexity index is 763. The first-order chi connectivity index (χ1) is 11.8. The highest BCUT2D eigenvalue weighted by Gasteiger charge is 2.35. The van der Waals surface area contributed by atoms with Crippen LogP contribution < -0.4 is 10.2 Å². The van der Waals surface area contributed by atoms with Crippen LogP contribution in [0.2, 0.25) is 0 Å². The van der Waals surface area contributed by atoms with Gasteiger partial charge in [-0.15, -0.1) is 0 Å². The Labute approximate surface area is 146 Å². The van der Waals surface area contributed by atoms with Gasteiger partial charge in [-0.3, -0.25) is 9.59 Å². The van der Waals surface area contributed by atoms with Crippen molar-refractivity contribution in [2.75, 3.05) is 29.5 Å². The zero-order valence-corrected chi connectivity index (χ0v) is 14.7. The first kappa shape index (κ1) is 17.7. The molecule has 2 aliphatic rings. The number of carbonyl (C=O) groups excluding carboxylic acids is 2. The van der Waals surface area contributed by atoms with Crippen LogP contribution in [0.1, 0.15) is 19.3 Å². The maximum absolute atomic E-state index is 12.3. The van der Waals surface area contributed by atoms with Crippen molar-refractivity contribution in [2.24, 2.45) is 11.8 Å². The van der Waals surface area contributed by atoms with Gasteiger partial charge in [0.2, 0.25) is 11.8 Å². The molecular formula is C17H22N2O5S. The number of sulfone groups is 1. The molecule has 0 radical (unpaired) electrons. The SMILES string of the molecule is O=C(NCC1CCS(=O)(=O)CC1)[C@@H]1CC(=O)N(c2cccc(O)c2)C1. The fourth-order valence-corrected chi connectivity index (χ4v) is 4.91. The molecular weight excluding hydrogens is 344 g/mol. The number of phenolic OH excluding ortho intramolecular Hbond substituents is 1. The normalized spacial score (nSPS) is 23.6. The van der Waals surface area contributed by atoms with Gasteiger partial charge in [0.05, 0.1) is 17.4 Å². The zero-order chi connectivity index (χ0) is 18.0. The summed E-state index contributed by atoms with van der Waals surface area (Å²) in [6.45, 7) is 0.734. The van der Waals surface area contributed by atoms with Crippen LogP contribution in [0.3, 0.4) is 0 Å². The van der Waals surface area contributed by atoms with E-state index in [4.69, 9.17) is 0 Å². The van der Waals surface area contributed by atoms with Gasteiger partial charge in [0.15, 0.2) is 0 Å². The average Bonchev–Trinajstić information content (AvgIpc) is 2.95. The Hall–Kier alpha value is -2.09. The van der Waals surface area contributed by atoms with E-state index in [1.165, 1.54) is 17.0 Å². The molecule has 1 atom stereocenters. The number of amides is 2. The fraction of sp³-hybridized carbons (Fsp3) is 0.529. The minimum Gasteiger partial charge on any atom is -0.508 e. The number of carbonyl (C=O) groups is 2. The minimum atomic E-state index is -2.90. The molecule has 0 bridgehead atoms. The maximum atomic E-state index is 12.3. The van der Waals surface area contributed by atoms with Crippen LogP contribution >= 0.6 is 0 Å². The van der Waals surface area contributed by atoms with Crippen molar-refractivity contribution < 1.29 is 23.1 Å². The first-order valence-corrected chi connectivity index (χ1v) is 10.2. The van der Waals surface area contributed by atoms with Crippen molar-refractivity contribution >= 4 is 27.3 Å². The summed E-state index contributed by atoms with van der Waals surface area (Å²) in [6, 6.07) is 6.40. The lowest BCUT2D eigenvalue weighted by Crippen LogP contribution is -2.38. The lowest BCUT2D eigenvalue weighted by Gasteiger charge is -2.23. The monoisotopic (exact) mass is 366 g/mol. The summed E-state index contributed by atoms with van der Waals surface area (Å²) >= 11 is 0. The molecule has 0 aliphatic carbocycles. The Morgan fingerprint density at radius 2 is 2.00 bits per heavy atom. The molecule has 7 nitrogen and oxygen atoms in total. The van der Waals surface area contributed by atoms with E-state index in [9.17, 15) is 23.1 Å². The van der Waals surface area contributed by atoms with Gasteiger partial charge in [0.1, 0.15) is 15.6 Å². The smallest absolute Gasteiger partial charge is 0.227 e. The van der Waals surface area contributed by atoms with Crippen LogP contribution in [0.4, 0.5) is 5.69 Å². The second-order valence-corrected chi connectivity index (χ2v) is 9.07. The van der Waals surface area contributed by atoms with Crippen LogP contribution in [0.15, 0.2) is 24.3 Å². The lowest BCUT2D eigenvalue weighted by molar-refractivity contribution is -0.126. The molecule has 1 aromatic rings.